The maximum Gasteiger partial charge on any atom is 0.359 e. The highest BCUT2D eigenvalue weighted by Crippen LogP contribution is 2.52. The second-order valence-electron chi connectivity index (χ2n) is 3.65. The van der Waals surface area contributed by atoms with E-state index in [1.807, 2.05) is 0 Å². The Bertz CT molecular complexity index is 385. The van der Waals surface area contributed by atoms with Crippen LogP contribution < -0.4 is 4.74 Å². The lowest BCUT2D eigenvalue weighted by atomic mass is 9.95. The number of rotatable bonds is 3. The summed E-state index contributed by atoms with van der Waals surface area (Å²) in [6, 6.07) is 7.12. The fraction of sp³-hybridized carbons (Fsp3) is 0.364. The molecule has 15 heavy (non-hydrogen) atoms. The molecule has 0 aromatic heterocycles. The zero-order valence-electron chi connectivity index (χ0n) is 8.33. The smallest absolute Gasteiger partial charge is 0.359 e. The Morgan fingerprint density at radius 1 is 1.40 bits per heavy atom. The fourth-order valence-corrected chi connectivity index (χ4v) is 1.82. The third-order valence-corrected chi connectivity index (χ3v) is 2.83. The van der Waals surface area contributed by atoms with E-state index in [0.29, 0.717) is 24.2 Å². The van der Waals surface area contributed by atoms with Crippen molar-refractivity contribution in [3.8, 4) is 5.75 Å². The molecule has 1 aromatic rings. The van der Waals surface area contributed by atoms with Crippen LogP contribution in [0.2, 0.25) is 0 Å². The number of methoxy groups -OCH3 is 1. The minimum atomic E-state index is -0.827. The topological polar surface area (TPSA) is 35.5 Å². The summed E-state index contributed by atoms with van der Waals surface area (Å²) in [5.74, 6) is -0.229. The van der Waals surface area contributed by atoms with Crippen LogP contribution in [0.25, 0.3) is 0 Å². The summed E-state index contributed by atoms with van der Waals surface area (Å²) in [5.41, 5.74) is -0.114. The van der Waals surface area contributed by atoms with E-state index in [1.165, 1.54) is 7.11 Å². The van der Waals surface area contributed by atoms with Crippen molar-refractivity contribution in [1.82, 2.24) is 0 Å². The predicted molar refractivity (Wildman–Crippen MR) is 51.1 cm³/mol. The molecule has 0 heterocycles. The van der Waals surface area contributed by atoms with Crippen molar-refractivity contribution >= 4 is 5.97 Å². The van der Waals surface area contributed by atoms with Gasteiger partial charge in [0.1, 0.15) is 11.2 Å². The fourth-order valence-electron chi connectivity index (χ4n) is 1.82. The van der Waals surface area contributed by atoms with E-state index in [2.05, 4.69) is 4.94 Å². The number of carbonyl (C=O) groups excluding carboxylic acids is 1. The standard InChI is InChI=1S/C11H11FO3/c1-14-9-5-3-2-4-8(9)11(6-7-11)10(13)15-12/h2-5H,6-7H2,1H3. The molecule has 0 amide bonds. The number of ether oxygens (including phenoxy) is 1. The van der Waals surface area contributed by atoms with Crippen LogP contribution in [0.3, 0.4) is 0 Å². The molecule has 1 aromatic carbocycles. The highest BCUT2D eigenvalue weighted by atomic mass is 19.3. The molecular weight excluding hydrogens is 199 g/mol. The zero-order chi connectivity index (χ0) is 10.9. The Balaban J connectivity index is 2.41. The van der Waals surface area contributed by atoms with Gasteiger partial charge in [-0.25, -0.2) is 4.79 Å². The van der Waals surface area contributed by atoms with Gasteiger partial charge in [-0.1, -0.05) is 18.2 Å². The Hall–Kier alpha value is -1.58. The average molecular weight is 210 g/mol. The number of para-hydroxylation sites is 1. The summed E-state index contributed by atoms with van der Waals surface area (Å²) >= 11 is 0. The second kappa shape index (κ2) is 3.53. The molecular formula is C11H11FO3. The Kier molecular flexibility index (Phi) is 2.34. The third kappa shape index (κ3) is 1.46. The molecule has 2 rings (SSSR count). The largest absolute Gasteiger partial charge is 0.496 e. The van der Waals surface area contributed by atoms with E-state index < -0.39 is 11.4 Å². The van der Waals surface area contributed by atoms with E-state index in [1.54, 1.807) is 24.3 Å². The van der Waals surface area contributed by atoms with Crippen molar-refractivity contribution in [2.75, 3.05) is 7.11 Å². The van der Waals surface area contributed by atoms with Crippen LogP contribution >= 0.6 is 0 Å². The summed E-state index contributed by atoms with van der Waals surface area (Å²) in [7, 11) is 1.52. The first-order chi connectivity index (χ1) is 7.24. The van der Waals surface area contributed by atoms with Crippen LogP contribution in [0, 0.1) is 0 Å². The van der Waals surface area contributed by atoms with Gasteiger partial charge in [-0.05, 0) is 18.9 Å². The summed E-state index contributed by atoms with van der Waals surface area (Å²) < 4.78 is 17.1. The van der Waals surface area contributed by atoms with Gasteiger partial charge < -0.3 is 4.74 Å². The van der Waals surface area contributed by atoms with Crippen LogP contribution in [0.1, 0.15) is 18.4 Å². The quantitative estimate of drug-likeness (QED) is 0.766. The molecule has 0 aliphatic heterocycles. The highest BCUT2D eigenvalue weighted by Gasteiger charge is 2.55. The molecule has 0 spiro atoms. The van der Waals surface area contributed by atoms with Gasteiger partial charge in [0.15, 0.2) is 0 Å². The van der Waals surface area contributed by atoms with Gasteiger partial charge in [0.05, 0.1) is 7.11 Å². The van der Waals surface area contributed by atoms with E-state index >= 15 is 0 Å². The Morgan fingerprint density at radius 2 is 2.07 bits per heavy atom. The number of halogens is 1. The van der Waals surface area contributed by atoms with Crippen molar-refractivity contribution < 1.29 is 19.0 Å². The number of benzene rings is 1. The predicted octanol–water partition coefficient (Wildman–Crippen LogP) is 2.15. The number of hydrogen-bond donors (Lipinski definition) is 0. The van der Waals surface area contributed by atoms with Crippen molar-refractivity contribution in [2.24, 2.45) is 0 Å². The molecule has 0 bridgehead atoms. The first-order valence-electron chi connectivity index (χ1n) is 4.71. The van der Waals surface area contributed by atoms with Gasteiger partial charge in [-0.2, -0.15) is 0 Å². The van der Waals surface area contributed by atoms with Crippen molar-refractivity contribution in [3.63, 3.8) is 0 Å². The third-order valence-electron chi connectivity index (χ3n) is 2.83. The molecule has 1 aliphatic rings. The van der Waals surface area contributed by atoms with Gasteiger partial charge in [-0.3, -0.25) is 4.94 Å². The lowest BCUT2D eigenvalue weighted by Crippen LogP contribution is -2.21. The van der Waals surface area contributed by atoms with Gasteiger partial charge in [0.2, 0.25) is 0 Å². The van der Waals surface area contributed by atoms with Gasteiger partial charge in [-0.15, -0.1) is 0 Å². The lowest BCUT2D eigenvalue weighted by Gasteiger charge is -2.14. The molecule has 4 heteroatoms. The Morgan fingerprint density at radius 3 is 2.60 bits per heavy atom. The first-order valence-corrected chi connectivity index (χ1v) is 4.71. The summed E-state index contributed by atoms with van der Waals surface area (Å²) in [6.07, 6.45) is 1.21. The molecule has 0 saturated heterocycles. The normalized spacial score (nSPS) is 16.9. The van der Waals surface area contributed by atoms with E-state index in [9.17, 15) is 9.32 Å². The minimum absolute atomic E-state index is 0.598. The molecule has 80 valence electrons. The molecule has 3 nitrogen and oxygen atoms in total. The van der Waals surface area contributed by atoms with E-state index in [4.69, 9.17) is 4.74 Å². The van der Waals surface area contributed by atoms with E-state index in [-0.39, 0.29) is 0 Å². The molecule has 1 fully saturated rings. The molecule has 0 unspecified atom stereocenters. The van der Waals surface area contributed by atoms with Crippen LogP contribution in [0.5, 0.6) is 5.75 Å². The molecule has 0 radical (unpaired) electrons. The summed E-state index contributed by atoms with van der Waals surface area (Å²) in [4.78, 5) is 14.6. The summed E-state index contributed by atoms with van der Waals surface area (Å²) in [5, 5.41) is 0. The first kappa shape index (κ1) is 9.96. The van der Waals surface area contributed by atoms with Crippen LogP contribution in [-0.2, 0) is 15.2 Å². The maximum absolute atomic E-state index is 12.0. The van der Waals surface area contributed by atoms with Crippen molar-refractivity contribution in [2.45, 2.75) is 18.3 Å². The van der Waals surface area contributed by atoms with Crippen LogP contribution in [0.4, 0.5) is 4.53 Å². The van der Waals surface area contributed by atoms with Gasteiger partial charge >= 0.3 is 5.97 Å². The van der Waals surface area contributed by atoms with Gasteiger partial charge in [0, 0.05) is 10.1 Å². The molecule has 0 atom stereocenters. The van der Waals surface area contributed by atoms with E-state index in [0.717, 1.165) is 0 Å². The average Bonchev–Trinajstić information content (AvgIpc) is 3.09. The van der Waals surface area contributed by atoms with Gasteiger partial charge in [0.25, 0.3) is 0 Å². The van der Waals surface area contributed by atoms with Crippen LogP contribution in [-0.4, -0.2) is 13.1 Å². The maximum atomic E-state index is 12.0. The molecule has 0 N–H and O–H groups in total. The number of carbonyl (C=O) groups is 1. The second-order valence-corrected chi connectivity index (χ2v) is 3.65. The lowest BCUT2D eigenvalue weighted by molar-refractivity contribution is -0.187. The summed E-state index contributed by atoms with van der Waals surface area (Å²) in [6.45, 7) is 0. The Labute approximate surface area is 86.7 Å². The number of hydrogen-bond acceptors (Lipinski definition) is 3. The monoisotopic (exact) mass is 210 g/mol. The van der Waals surface area contributed by atoms with Crippen LogP contribution in [0.15, 0.2) is 24.3 Å². The van der Waals surface area contributed by atoms with Crippen molar-refractivity contribution in [1.29, 1.82) is 0 Å². The highest BCUT2D eigenvalue weighted by molar-refractivity contribution is 5.87. The SMILES string of the molecule is COc1ccccc1C1(C(=O)OF)CC1. The zero-order valence-corrected chi connectivity index (χ0v) is 8.33. The molecule has 1 saturated carbocycles. The van der Waals surface area contributed by atoms with Crippen molar-refractivity contribution in [3.05, 3.63) is 29.8 Å². The minimum Gasteiger partial charge on any atom is -0.496 e. The molecule has 1 aliphatic carbocycles.